The molecule has 0 spiro atoms. The number of aromatic nitrogens is 1. The summed E-state index contributed by atoms with van der Waals surface area (Å²) in [5.74, 6) is -0.741. The second-order valence-electron chi connectivity index (χ2n) is 9.75. The molecule has 1 saturated carbocycles. The lowest BCUT2D eigenvalue weighted by atomic mass is 9.68. The van der Waals surface area contributed by atoms with Crippen LogP contribution in [0.1, 0.15) is 47.2 Å². The van der Waals surface area contributed by atoms with Crippen LogP contribution >= 0.6 is 0 Å². The van der Waals surface area contributed by atoms with Gasteiger partial charge in [0.15, 0.2) is 5.78 Å². The van der Waals surface area contributed by atoms with E-state index in [-0.39, 0.29) is 16.5 Å². The summed E-state index contributed by atoms with van der Waals surface area (Å²) in [4.78, 5) is 27.7. The Labute approximate surface area is 210 Å². The maximum Gasteiger partial charge on any atom is 0.268 e. The Morgan fingerprint density at radius 3 is 2.39 bits per heavy atom. The van der Waals surface area contributed by atoms with Gasteiger partial charge in [0.25, 0.3) is 10.0 Å². The topological polar surface area (TPSA) is 85.2 Å². The minimum atomic E-state index is -3.95. The summed E-state index contributed by atoms with van der Waals surface area (Å²) in [6.45, 7) is 1.90. The number of carbonyl (C=O) groups excluding carboxylic acids is 2. The summed E-state index contributed by atoms with van der Waals surface area (Å²) >= 11 is 0. The largest absolute Gasteiger partial charge is 0.368 e. The minimum absolute atomic E-state index is 0.0353. The monoisotopic (exact) mass is 498 g/mol. The third-order valence-corrected chi connectivity index (χ3v) is 9.31. The summed E-state index contributed by atoms with van der Waals surface area (Å²) in [6.07, 6.45) is 4.17. The highest BCUT2D eigenvalue weighted by atomic mass is 32.2. The number of Topliss-reactive ketones (excluding diaryl/α,β-unsaturated/α-hetero) is 2. The van der Waals surface area contributed by atoms with E-state index in [2.05, 4.69) is 5.32 Å². The fourth-order valence-corrected chi connectivity index (χ4v) is 7.19. The Bertz CT molecular complexity index is 1640. The molecule has 2 aliphatic rings. The molecule has 2 atom stereocenters. The standard InChI is InChI=1S/C29H26N2O4S/c1-19-14-16-20(17-15-19)36(34,35)31-18-24(21-8-3-6-12-26(21)31)29(23-10-4-7-13-27(23)32)28(33)22-9-2-5-11-25(22)30-29/h2-3,5-6,8-9,11-12,14-18,23,30H,4,7,10,13H2,1H3/t23-,29-/m0/s1. The number of hydrogen-bond acceptors (Lipinski definition) is 5. The van der Waals surface area contributed by atoms with Gasteiger partial charge in [0, 0.05) is 34.8 Å². The molecule has 0 saturated heterocycles. The van der Waals surface area contributed by atoms with Crippen molar-refractivity contribution in [1.82, 2.24) is 3.97 Å². The molecule has 0 radical (unpaired) electrons. The highest BCUT2D eigenvalue weighted by molar-refractivity contribution is 7.90. The van der Waals surface area contributed by atoms with Crippen molar-refractivity contribution in [2.75, 3.05) is 5.32 Å². The molecule has 0 bridgehead atoms. The van der Waals surface area contributed by atoms with Crippen molar-refractivity contribution in [1.29, 1.82) is 0 Å². The number of carbonyl (C=O) groups is 2. The lowest BCUT2D eigenvalue weighted by molar-refractivity contribution is -0.126. The number of hydrogen-bond donors (Lipinski definition) is 1. The van der Waals surface area contributed by atoms with Crippen LogP contribution in [0.4, 0.5) is 5.69 Å². The third-order valence-electron chi connectivity index (χ3n) is 7.62. The van der Waals surface area contributed by atoms with E-state index in [1.807, 2.05) is 37.3 Å². The first-order valence-corrected chi connectivity index (χ1v) is 13.7. The molecule has 1 aromatic heterocycles. The molecule has 1 aliphatic heterocycles. The number of nitrogens with one attached hydrogen (secondary N) is 1. The van der Waals surface area contributed by atoms with Crippen molar-refractivity contribution in [2.24, 2.45) is 5.92 Å². The van der Waals surface area contributed by atoms with E-state index in [1.54, 1.807) is 48.7 Å². The molecule has 0 unspecified atom stereocenters. The number of anilines is 1. The number of benzene rings is 3. The zero-order valence-electron chi connectivity index (χ0n) is 19.9. The van der Waals surface area contributed by atoms with Crippen LogP contribution in [0.2, 0.25) is 0 Å². The first-order valence-electron chi connectivity index (χ1n) is 12.2. The highest BCUT2D eigenvalue weighted by Crippen LogP contribution is 2.50. The minimum Gasteiger partial charge on any atom is -0.368 e. The van der Waals surface area contributed by atoms with Gasteiger partial charge in [-0.2, -0.15) is 0 Å². The van der Waals surface area contributed by atoms with E-state index in [0.717, 1.165) is 18.4 Å². The Balaban J connectivity index is 1.63. The average Bonchev–Trinajstić information content (AvgIpc) is 3.42. The van der Waals surface area contributed by atoms with Gasteiger partial charge in [0.05, 0.1) is 16.3 Å². The van der Waals surface area contributed by atoms with Crippen LogP contribution in [0.15, 0.2) is 83.9 Å². The smallest absolute Gasteiger partial charge is 0.268 e. The first kappa shape index (κ1) is 22.7. The fourth-order valence-electron chi connectivity index (χ4n) is 5.82. The Morgan fingerprint density at radius 2 is 1.64 bits per heavy atom. The summed E-state index contributed by atoms with van der Waals surface area (Å²) in [7, 11) is -3.95. The summed E-state index contributed by atoms with van der Waals surface area (Å²) in [6, 6.07) is 21.2. The molecule has 1 aliphatic carbocycles. The molecule has 1 N–H and O–H groups in total. The van der Waals surface area contributed by atoms with Crippen LogP contribution in [-0.2, 0) is 20.4 Å². The van der Waals surface area contributed by atoms with E-state index >= 15 is 0 Å². The van der Waals surface area contributed by atoms with Crippen molar-refractivity contribution in [2.45, 2.75) is 43.0 Å². The molecule has 6 nitrogen and oxygen atoms in total. The van der Waals surface area contributed by atoms with Crippen molar-refractivity contribution < 1.29 is 18.0 Å². The SMILES string of the molecule is Cc1ccc(S(=O)(=O)n2cc([C@]3([C@H]4CCCCC4=O)Nc4ccccc4C3=O)c3ccccc32)cc1. The lowest BCUT2D eigenvalue weighted by Gasteiger charge is -2.38. The van der Waals surface area contributed by atoms with Gasteiger partial charge in [-0.1, -0.05) is 54.4 Å². The van der Waals surface area contributed by atoms with Gasteiger partial charge in [-0.05, 0) is 50.1 Å². The molecule has 0 amide bonds. The van der Waals surface area contributed by atoms with Gasteiger partial charge in [-0.3, -0.25) is 9.59 Å². The average molecular weight is 499 g/mol. The van der Waals surface area contributed by atoms with Crippen molar-refractivity contribution in [3.63, 3.8) is 0 Å². The molecule has 6 rings (SSSR count). The molecular weight excluding hydrogens is 472 g/mol. The van der Waals surface area contributed by atoms with Gasteiger partial charge < -0.3 is 5.32 Å². The fraction of sp³-hybridized carbons (Fsp3) is 0.241. The maximum atomic E-state index is 14.2. The number of rotatable bonds is 4. The Kier molecular flexibility index (Phi) is 5.16. The zero-order valence-corrected chi connectivity index (χ0v) is 20.7. The van der Waals surface area contributed by atoms with Gasteiger partial charge in [-0.25, -0.2) is 12.4 Å². The maximum absolute atomic E-state index is 14.2. The number of nitrogens with zero attached hydrogens (tertiary/aromatic N) is 1. The Morgan fingerprint density at radius 1 is 0.917 bits per heavy atom. The summed E-state index contributed by atoms with van der Waals surface area (Å²) in [5.41, 5.74) is 1.78. The van der Waals surface area contributed by atoms with Crippen LogP contribution in [0, 0.1) is 12.8 Å². The van der Waals surface area contributed by atoms with Gasteiger partial charge in [0.2, 0.25) is 0 Å². The third kappa shape index (κ3) is 3.19. The number of aryl methyl sites for hydroxylation is 1. The molecule has 1 fully saturated rings. The van der Waals surface area contributed by atoms with Crippen LogP contribution in [0.25, 0.3) is 10.9 Å². The predicted octanol–water partition coefficient (Wildman–Crippen LogP) is 5.45. The van der Waals surface area contributed by atoms with Crippen LogP contribution < -0.4 is 5.32 Å². The molecule has 36 heavy (non-hydrogen) atoms. The molecule has 2 heterocycles. The molecule has 7 heteroatoms. The van der Waals surface area contributed by atoms with E-state index < -0.39 is 21.5 Å². The van der Waals surface area contributed by atoms with Gasteiger partial charge in [-0.15, -0.1) is 0 Å². The van der Waals surface area contributed by atoms with Gasteiger partial charge in [0.1, 0.15) is 11.3 Å². The van der Waals surface area contributed by atoms with E-state index in [4.69, 9.17) is 0 Å². The number of ketones is 2. The first-order chi connectivity index (χ1) is 17.3. The van der Waals surface area contributed by atoms with Crippen molar-refractivity contribution >= 4 is 38.2 Å². The predicted molar refractivity (Wildman–Crippen MR) is 139 cm³/mol. The summed E-state index contributed by atoms with van der Waals surface area (Å²) < 4.78 is 28.9. The van der Waals surface area contributed by atoms with Crippen molar-refractivity contribution in [3.05, 3.63) is 95.7 Å². The van der Waals surface area contributed by atoms with E-state index in [0.29, 0.717) is 40.6 Å². The van der Waals surface area contributed by atoms with E-state index in [9.17, 15) is 18.0 Å². The second-order valence-corrected chi connectivity index (χ2v) is 11.6. The van der Waals surface area contributed by atoms with Crippen LogP contribution in [0.3, 0.4) is 0 Å². The molecule has 3 aromatic carbocycles. The van der Waals surface area contributed by atoms with Crippen molar-refractivity contribution in [3.8, 4) is 0 Å². The normalized spacial score (nSPS) is 22.0. The van der Waals surface area contributed by atoms with Gasteiger partial charge >= 0.3 is 0 Å². The molecule has 4 aromatic rings. The lowest BCUT2D eigenvalue weighted by Crippen LogP contribution is -2.50. The zero-order chi connectivity index (χ0) is 25.1. The molecule has 182 valence electrons. The Hall–Kier alpha value is -3.71. The highest BCUT2D eigenvalue weighted by Gasteiger charge is 2.56. The number of para-hydroxylation sites is 2. The van der Waals surface area contributed by atoms with E-state index in [1.165, 1.54) is 3.97 Å². The van der Waals surface area contributed by atoms with Crippen LogP contribution in [-0.4, -0.2) is 24.0 Å². The quantitative estimate of drug-likeness (QED) is 0.404. The number of fused-ring (bicyclic) bond motifs is 2. The molecular formula is C29H26N2O4S. The second kappa shape index (κ2) is 8.17. The summed E-state index contributed by atoms with van der Waals surface area (Å²) in [5, 5.41) is 4.08. The van der Waals surface area contributed by atoms with Crippen LogP contribution in [0.5, 0.6) is 0 Å².